The van der Waals surface area contributed by atoms with Crippen molar-refractivity contribution in [2.24, 2.45) is 11.7 Å². The average Bonchev–Trinajstić information content (AvgIpc) is 2.34. The Hall–Kier alpha value is -1.20. The maximum absolute atomic E-state index is 5.55. The van der Waals surface area contributed by atoms with Gasteiger partial charge in [0.2, 0.25) is 5.95 Å². The average molecular weight is 251 g/mol. The van der Waals surface area contributed by atoms with Crippen LogP contribution in [0.4, 0.5) is 5.95 Å². The summed E-state index contributed by atoms with van der Waals surface area (Å²) in [5.41, 5.74) is 6.52. The Morgan fingerprint density at radius 1 is 1.17 bits per heavy atom. The van der Waals surface area contributed by atoms with Crippen LogP contribution in [0.15, 0.2) is 12.4 Å². The van der Waals surface area contributed by atoms with Gasteiger partial charge in [-0.15, -0.1) is 0 Å². The monoisotopic (exact) mass is 251 g/mol. The van der Waals surface area contributed by atoms with Crippen LogP contribution < -0.4 is 10.6 Å². The minimum absolute atomic E-state index is 0.488. The first kappa shape index (κ1) is 14.9. The van der Waals surface area contributed by atoms with E-state index in [-0.39, 0.29) is 0 Å². The van der Waals surface area contributed by atoms with E-state index < -0.39 is 0 Å². The number of rotatable bonds is 7. The highest BCUT2D eigenvalue weighted by Gasteiger charge is 2.11. The molecule has 0 fully saturated rings. The van der Waals surface area contributed by atoms with Gasteiger partial charge < -0.3 is 15.5 Å². The first-order chi connectivity index (χ1) is 8.52. The number of nitrogens with two attached hydrogens (primary N) is 1. The van der Waals surface area contributed by atoms with Crippen molar-refractivity contribution in [1.29, 1.82) is 0 Å². The molecule has 0 unspecified atom stereocenters. The van der Waals surface area contributed by atoms with Gasteiger partial charge >= 0.3 is 0 Å². The summed E-state index contributed by atoms with van der Waals surface area (Å²) in [4.78, 5) is 13.2. The SMILES string of the molecule is CC(C)CN(CCN(C)C)c1ncc(CN)cn1. The molecular weight excluding hydrogens is 226 g/mol. The topological polar surface area (TPSA) is 58.3 Å². The van der Waals surface area contributed by atoms with Crippen LogP contribution in [0.25, 0.3) is 0 Å². The highest BCUT2D eigenvalue weighted by molar-refractivity contribution is 5.29. The molecule has 0 aliphatic carbocycles. The second kappa shape index (κ2) is 7.28. The van der Waals surface area contributed by atoms with Crippen LogP contribution in [-0.4, -0.2) is 48.6 Å². The van der Waals surface area contributed by atoms with E-state index in [9.17, 15) is 0 Å². The molecule has 0 aromatic carbocycles. The summed E-state index contributed by atoms with van der Waals surface area (Å²) in [5, 5.41) is 0. The Labute approximate surface area is 110 Å². The number of nitrogens with zero attached hydrogens (tertiary/aromatic N) is 4. The second-order valence-electron chi connectivity index (χ2n) is 5.24. The maximum Gasteiger partial charge on any atom is 0.225 e. The van der Waals surface area contributed by atoms with Crippen LogP contribution in [0.1, 0.15) is 19.4 Å². The van der Waals surface area contributed by atoms with E-state index in [4.69, 9.17) is 5.73 Å². The van der Waals surface area contributed by atoms with E-state index in [1.54, 1.807) is 0 Å². The zero-order chi connectivity index (χ0) is 13.5. The number of hydrogen-bond acceptors (Lipinski definition) is 5. The van der Waals surface area contributed by atoms with E-state index in [2.05, 4.69) is 47.7 Å². The van der Waals surface area contributed by atoms with Crippen molar-refractivity contribution in [3.05, 3.63) is 18.0 Å². The quantitative estimate of drug-likeness (QED) is 0.782. The van der Waals surface area contributed by atoms with E-state index in [0.717, 1.165) is 31.1 Å². The predicted molar refractivity (Wildman–Crippen MR) is 75.5 cm³/mol. The van der Waals surface area contributed by atoms with E-state index in [1.165, 1.54) is 0 Å². The van der Waals surface area contributed by atoms with Crippen LogP contribution >= 0.6 is 0 Å². The predicted octanol–water partition coefficient (Wildman–Crippen LogP) is 0.959. The number of hydrogen-bond donors (Lipinski definition) is 1. The molecule has 0 aliphatic rings. The summed E-state index contributed by atoms with van der Waals surface area (Å²) >= 11 is 0. The zero-order valence-electron chi connectivity index (χ0n) is 11.9. The van der Waals surface area contributed by atoms with Crippen molar-refractivity contribution in [1.82, 2.24) is 14.9 Å². The van der Waals surface area contributed by atoms with Crippen LogP contribution in [-0.2, 0) is 6.54 Å². The van der Waals surface area contributed by atoms with Crippen molar-refractivity contribution >= 4 is 5.95 Å². The fourth-order valence-electron chi connectivity index (χ4n) is 1.65. The highest BCUT2D eigenvalue weighted by Crippen LogP contribution is 2.09. The van der Waals surface area contributed by atoms with Crippen LogP contribution in [0, 0.1) is 5.92 Å². The summed E-state index contributed by atoms with van der Waals surface area (Å²) in [6, 6.07) is 0. The van der Waals surface area contributed by atoms with Gasteiger partial charge in [-0.3, -0.25) is 0 Å². The smallest absolute Gasteiger partial charge is 0.225 e. The third-order valence-electron chi connectivity index (χ3n) is 2.61. The van der Waals surface area contributed by atoms with E-state index in [1.807, 2.05) is 12.4 Å². The first-order valence-corrected chi connectivity index (χ1v) is 6.43. The lowest BCUT2D eigenvalue weighted by atomic mass is 10.2. The standard InChI is InChI=1S/C13H25N5/c1-11(2)10-18(6-5-17(3)4)13-15-8-12(7-14)9-16-13/h8-9,11H,5-7,10,14H2,1-4H3. The molecule has 0 amide bonds. The number of anilines is 1. The molecule has 0 radical (unpaired) electrons. The lowest BCUT2D eigenvalue weighted by Gasteiger charge is -2.26. The summed E-state index contributed by atoms with van der Waals surface area (Å²) < 4.78 is 0. The molecule has 0 bridgehead atoms. The molecule has 0 atom stereocenters. The fourth-order valence-corrected chi connectivity index (χ4v) is 1.65. The normalized spacial score (nSPS) is 11.3. The summed E-state index contributed by atoms with van der Waals surface area (Å²) in [7, 11) is 4.15. The molecule has 0 spiro atoms. The summed E-state index contributed by atoms with van der Waals surface area (Å²) in [6.45, 7) is 7.80. The third kappa shape index (κ3) is 4.98. The first-order valence-electron chi connectivity index (χ1n) is 6.43. The van der Waals surface area contributed by atoms with Gasteiger partial charge in [-0.2, -0.15) is 0 Å². The molecule has 5 nitrogen and oxygen atoms in total. The third-order valence-corrected chi connectivity index (χ3v) is 2.61. The molecule has 0 saturated carbocycles. The van der Waals surface area contributed by atoms with Crippen LogP contribution in [0.3, 0.4) is 0 Å². The zero-order valence-corrected chi connectivity index (χ0v) is 11.9. The molecule has 1 aromatic rings. The molecule has 0 saturated heterocycles. The molecular formula is C13H25N5. The van der Waals surface area contributed by atoms with E-state index in [0.29, 0.717) is 12.5 Å². The van der Waals surface area contributed by atoms with Gasteiger partial charge in [-0.05, 0) is 20.0 Å². The lowest BCUT2D eigenvalue weighted by Crippen LogP contribution is -2.35. The molecule has 1 rings (SSSR count). The highest BCUT2D eigenvalue weighted by atomic mass is 15.3. The van der Waals surface area contributed by atoms with Crippen molar-refractivity contribution in [2.75, 3.05) is 38.6 Å². The largest absolute Gasteiger partial charge is 0.339 e. The number of likely N-dealkylation sites (N-methyl/N-ethyl adjacent to an activating group) is 1. The second-order valence-corrected chi connectivity index (χ2v) is 5.24. The Bertz CT molecular complexity index is 334. The van der Waals surface area contributed by atoms with Gasteiger partial charge in [0.1, 0.15) is 0 Å². The molecule has 1 heterocycles. The molecule has 0 aliphatic heterocycles. The minimum Gasteiger partial charge on any atom is -0.339 e. The molecule has 1 aromatic heterocycles. The molecule has 2 N–H and O–H groups in total. The molecule has 5 heteroatoms. The van der Waals surface area contributed by atoms with Gasteiger partial charge in [0.15, 0.2) is 0 Å². The van der Waals surface area contributed by atoms with Gasteiger partial charge in [0.05, 0.1) is 0 Å². The van der Waals surface area contributed by atoms with Gasteiger partial charge in [0.25, 0.3) is 0 Å². The Balaban J connectivity index is 2.73. The summed E-state index contributed by atoms with van der Waals surface area (Å²) in [6.07, 6.45) is 3.62. The Kier molecular flexibility index (Phi) is 6.01. The Morgan fingerprint density at radius 2 is 1.78 bits per heavy atom. The van der Waals surface area contributed by atoms with Crippen LogP contribution in [0.2, 0.25) is 0 Å². The van der Waals surface area contributed by atoms with Crippen molar-refractivity contribution in [3.8, 4) is 0 Å². The summed E-state index contributed by atoms with van der Waals surface area (Å²) in [5.74, 6) is 1.38. The van der Waals surface area contributed by atoms with Gasteiger partial charge in [0, 0.05) is 44.1 Å². The van der Waals surface area contributed by atoms with Crippen LogP contribution in [0.5, 0.6) is 0 Å². The van der Waals surface area contributed by atoms with E-state index >= 15 is 0 Å². The minimum atomic E-state index is 0.488. The van der Waals surface area contributed by atoms with Gasteiger partial charge in [-0.1, -0.05) is 13.8 Å². The van der Waals surface area contributed by atoms with Gasteiger partial charge in [-0.25, -0.2) is 9.97 Å². The Morgan fingerprint density at radius 3 is 2.22 bits per heavy atom. The fraction of sp³-hybridized carbons (Fsp3) is 0.692. The van der Waals surface area contributed by atoms with Crippen molar-refractivity contribution in [2.45, 2.75) is 20.4 Å². The lowest BCUT2D eigenvalue weighted by molar-refractivity contribution is 0.407. The molecule has 102 valence electrons. The van der Waals surface area contributed by atoms with Crippen molar-refractivity contribution < 1.29 is 0 Å². The molecule has 18 heavy (non-hydrogen) atoms. The maximum atomic E-state index is 5.55. The number of aromatic nitrogens is 2. The van der Waals surface area contributed by atoms with Crippen molar-refractivity contribution in [3.63, 3.8) is 0 Å².